The first-order valence-corrected chi connectivity index (χ1v) is 13.8. The Morgan fingerprint density at radius 1 is 1.02 bits per heavy atom. The van der Waals surface area contributed by atoms with Crippen molar-refractivity contribution in [2.24, 2.45) is 5.41 Å². The maximum absolute atomic E-state index is 13.6. The van der Waals surface area contributed by atoms with E-state index in [0.29, 0.717) is 49.4 Å². The van der Waals surface area contributed by atoms with Gasteiger partial charge in [-0.3, -0.25) is 24.1 Å². The summed E-state index contributed by atoms with van der Waals surface area (Å²) in [7, 11) is 0. The van der Waals surface area contributed by atoms with Gasteiger partial charge < -0.3 is 26.0 Å². The molecule has 2 aliphatic rings. The Kier molecular flexibility index (Phi) is 10.1. The zero-order chi connectivity index (χ0) is 29.2. The van der Waals surface area contributed by atoms with Gasteiger partial charge >= 0.3 is 0 Å². The van der Waals surface area contributed by atoms with E-state index in [0.717, 1.165) is 5.56 Å². The largest absolute Gasteiger partial charge is 0.491 e. The lowest BCUT2D eigenvalue weighted by Crippen LogP contribution is -2.51. The highest BCUT2D eigenvalue weighted by Gasteiger charge is 2.40. The molecular weight excluding hydrogens is 529 g/mol. The van der Waals surface area contributed by atoms with Gasteiger partial charge in [-0.25, -0.2) is 4.39 Å². The van der Waals surface area contributed by atoms with Gasteiger partial charge in [-0.1, -0.05) is 24.3 Å². The van der Waals surface area contributed by atoms with Crippen LogP contribution in [0, 0.1) is 18.2 Å². The van der Waals surface area contributed by atoms with Crippen LogP contribution < -0.4 is 26.0 Å². The number of anilines is 1. The molecule has 1 saturated heterocycles. The van der Waals surface area contributed by atoms with Gasteiger partial charge in [0.15, 0.2) is 0 Å². The number of piperidine rings is 1. The number of aryl methyl sites for hydroxylation is 1. The molecule has 0 unspecified atom stereocenters. The second-order valence-corrected chi connectivity index (χ2v) is 10.3. The molecule has 0 aliphatic carbocycles. The second-order valence-electron chi connectivity index (χ2n) is 10.3. The molecule has 1 spiro atoms. The van der Waals surface area contributed by atoms with Crippen LogP contribution in [0.5, 0.6) is 5.75 Å². The molecule has 4 amide bonds. The van der Waals surface area contributed by atoms with E-state index in [1.54, 1.807) is 43.3 Å². The molecular formula is C30H36FN5O5. The van der Waals surface area contributed by atoms with Crippen LogP contribution in [-0.4, -0.2) is 74.4 Å². The van der Waals surface area contributed by atoms with Crippen LogP contribution >= 0.6 is 0 Å². The minimum Gasteiger partial charge on any atom is -0.491 e. The number of halogens is 1. The minimum atomic E-state index is -0.767. The molecule has 2 aromatic carbocycles. The predicted molar refractivity (Wildman–Crippen MR) is 152 cm³/mol. The van der Waals surface area contributed by atoms with Crippen LogP contribution in [0.4, 0.5) is 10.1 Å². The van der Waals surface area contributed by atoms with Crippen molar-refractivity contribution in [3.8, 4) is 5.75 Å². The maximum atomic E-state index is 13.6. The summed E-state index contributed by atoms with van der Waals surface area (Å²) in [5.41, 5.74) is 0.798. The quantitative estimate of drug-likeness (QED) is 0.452. The van der Waals surface area contributed by atoms with E-state index < -0.39 is 11.2 Å². The van der Waals surface area contributed by atoms with Crippen LogP contribution in [0.1, 0.15) is 35.2 Å². The number of rotatable bonds is 3. The molecule has 10 nitrogen and oxygen atoms in total. The van der Waals surface area contributed by atoms with Crippen LogP contribution in [0.25, 0.3) is 0 Å². The van der Waals surface area contributed by atoms with E-state index in [1.165, 1.54) is 18.2 Å². The van der Waals surface area contributed by atoms with Crippen molar-refractivity contribution in [3.63, 3.8) is 0 Å². The van der Waals surface area contributed by atoms with Crippen molar-refractivity contribution >= 4 is 29.3 Å². The lowest BCUT2D eigenvalue weighted by atomic mass is 9.74. The van der Waals surface area contributed by atoms with E-state index in [1.807, 2.05) is 4.90 Å². The number of fused-ring (bicyclic) bond motifs is 1. The molecule has 0 aromatic heterocycles. The monoisotopic (exact) mass is 565 g/mol. The molecule has 4 rings (SSSR count). The number of likely N-dealkylation sites (tertiary alicyclic amines) is 1. The van der Waals surface area contributed by atoms with Crippen molar-refractivity contribution < 1.29 is 28.3 Å². The Balaban J connectivity index is 1.39. The zero-order valence-electron chi connectivity index (χ0n) is 23.1. The van der Waals surface area contributed by atoms with Crippen molar-refractivity contribution in [1.82, 2.24) is 20.9 Å². The fourth-order valence-corrected chi connectivity index (χ4v) is 4.99. The van der Waals surface area contributed by atoms with E-state index in [-0.39, 0.29) is 56.4 Å². The number of benzene rings is 2. The minimum absolute atomic E-state index is 0.113. The zero-order valence-corrected chi connectivity index (χ0v) is 23.1. The molecule has 218 valence electrons. The van der Waals surface area contributed by atoms with E-state index in [4.69, 9.17) is 4.74 Å². The number of amides is 4. The number of hydrogen-bond donors (Lipinski definition) is 4. The standard InChI is InChI=1S/C30H36FN5O5/c1-21-8-9-22(31)19-24(21)35-27(38)20-36-16-11-30(12-17-36)10-4-7-26(37)32-15-18-41-25-6-3-2-5-23(25)28(39)33-13-14-34-29(30)40/h2-9,19H,10-18,20H2,1H3,(H,32,37)(H,33,39)(H,34,40)(H,35,38)/b7-4+. The summed E-state index contributed by atoms with van der Waals surface area (Å²) in [6, 6.07) is 11.1. The lowest BCUT2D eigenvalue weighted by molar-refractivity contribution is -0.134. The van der Waals surface area contributed by atoms with Crippen molar-refractivity contribution in [1.29, 1.82) is 0 Å². The Morgan fingerprint density at radius 2 is 1.78 bits per heavy atom. The van der Waals surface area contributed by atoms with Gasteiger partial charge in [-0.05, 0) is 75.2 Å². The molecule has 2 aliphatic heterocycles. The van der Waals surface area contributed by atoms with Gasteiger partial charge in [-0.2, -0.15) is 0 Å². The molecule has 4 N–H and O–H groups in total. The van der Waals surface area contributed by atoms with Gasteiger partial charge in [0.1, 0.15) is 18.2 Å². The van der Waals surface area contributed by atoms with Crippen LogP contribution in [0.3, 0.4) is 0 Å². The molecule has 2 heterocycles. The summed E-state index contributed by atoms with van der Waals surface area (Å²) in [5, 5.41) is 11.3. The number of carbonyl (C=O) groups excluding carboxylic acids is 4. The van der Waals surface area contributed by atoms with Gasteiger partial charge in [-0.15, -0.1) is 0 Å². The third-order valence-corrected chi connectivity index (χ3v) is 7.40. The van der Waals surface area contributed by atoms with Crippen molar-refractivity contribution in [3.05, 3.63) is 71.6 Å². The summed E-state index contributed by atoms with van der Waals surface area (Å²) in [6.45, 7) is 3.80. The number of allylic oxidation sites excluding steroid dienone is 1. The Hall–Kier alpha value is -4.25. The summed E-state index contributed by atoms with van der Waals surface area (Å²) >= 11 is 0. The highest BCUT2D eigenvalue weighted by Crippen LogP contribution is 2.36. The fourth-order valence-electron chi connectivity index (χ4n) is 4.99. The number of para-hydroxylation sites is 1. The van der Waals surface area contributed by atoms with E-state index in [2.05, 4.69) is 21.3 Å². The van der Waals surface area contributed by atoms with Crippen LogP contribution in [0.15, 0.2) is 54.6 Å². The van der Waals surface area contributed by atoms with E-state index >= 15 is 0 Å². The number of carbonyl (C=O) groups is 4. The van der Waals surface area contributed by atoms with Crippen LogP contribution in [0.2, 0.25) is 0 Å². The van der Waals surface area contributed by atoms with Gasteiger partial charge in [0.25, 0.3) is 5.91 Å². The van der Waals surface area contributed by atoms with Gasteiger partial charge in [0.05, 0.1) is 24.1 Å². The predicted octanol–water partition coefficient (Wildman–Crippen LogP) is 2.16. The summed E-state index contributed by atoms with van der Waals surface area (Å²) in [6.07, 6.45) is 4.44. The first-order valence-electron chi connectivity index (χ1n) is 13.8. The highest BCUT2D eigenvalue weighted by molar-refractivity contribution is 5.97. The molecule has 1 fully saturated rings. The third-order valence-electron chi connectivity index (χ3n) is 7.40. The number of nitrogens with zero attached hydrogens (tertiary/aromatic N) is 1. The fraction of sp³-hybridized carbons (Fsp3) is 0.400. The first-order chi connectivity index (χ1) is 19.8. The molecule has 0 saturated carbocycles. The van der Waals surface area contributed by atoms with Crippen molar-refractivity contribution in [2.45, 2.75) is 26.2 Å². The Labute approximate surface area is 238 Å². The molecule has 11 heteroatoms. The molecule has 0 atom stereocenters. The SMILES string of the molecule is Cc1ccc(F)cc1NC(=O)CN1CCC2(C/C=C/C(=O)NCCOc3ccccc3C(=O)NCCNC2=O)CC1. The lowest BCUT2D eigenvalue weighted by Gasteiger charge is -2.40. The summed E-state index contributed by atoms with van der Waals surface area (Å²) in [5.74, 6) is -1.06. The molecule has 0 radical (unpaired) electrons. The molecule has 2 aromatic rings. The summed E-state index contributed by atoms with van der Waals surface area (Å²) in [4.78, 5) is 53.1. The maximum Gasteiger partial charge on any atom is 0.255 e. The number of hydrogen-bond acceptors (Lipinski definition) is 6. The third kappa shape index (κ3) is 8.14. The number of ether oxygens (including phenoxy) is 1. The normalized spacial score (nSPS) is 19.5. The highest BCUT2D eigenvalue weighted by atomic mass is 19.1. The summed E-state index contributed by atoms with van der Waals surface area (Å²) < 4.78 is 19.3. The average Bonchev–Trinajstić information content (AvgIpc) is 2.96. The van der Waals surface area contributed by atoms with Crippen LogP contribution in [-0.2, 0) is 14.4 Å². The Morgan fingerprint density at radius 3 is 2.59 bits per heavy atom. The van der Waals surface area contributed by atoms with Crippen molar-refractivity contribution in [2.75, 3.05) is 51.2 Å². The van der Waals surface area contributed by atoms with E-state index in [9.17, 15) is 23.6 Å². The average molecular weight is 566 g/mol. The topological polar surface area (TPSA) is 129 Å². The molecule has 41 heavy (non-hydrogen) atoms. The first kappa shape index (κ1) is 29.7. The smallest absolute Gasteiger partial charge is 0.255 e. The van der Waals surface area contributed by atoms with Gasteiger partial charge in [0, 0.05) is 18.8 Å². The Bertz CT molecular complexity index is 1310. The number of nitrogens with one attached hydrogen (secondary N) is 4. The second kappa shape index (κ2) is 13.9. The van der Waals surface area contributed by atoms with Gasteiger partial charge in [0.2, 0.25) is 17.7 Å². The molecule has 0 bridgehead atoms.